The average Bonchev–Trinajstić information content (AvgIpc) is 2.73. The number of ether oxygens (including phenoxy) is 1. The summed E-state index contributed by atoms with van der Waals surface area (Å²) in [5, 5.41) is 0. The number of hydrogen-bond acceptors (Lipinski definition) is 3. The minimum absolute atomic E-state index is 0.0365. The summed E-state index contributed by atoms with van der Waals surface area (Å²) in [6.07, 6.45) is 2.27. The smallest absolute Gasteiger partial charge is 0.221 e. The molecule has 4 nitrogen and oxygen atoms in total. The molecule has 2 N–H and O–H groups in total. The van der Waals surface area contributed by atoms with Crippen molar-refractivity contribution in [2.75, 3.05) is 26.7 Å². The molecule has 0 bridgehead atoms. The van der Waals surface area contributed by atoms with Gasteiger partial charge in [-0.3, -0.25) is 9.69 Å². The van der Waals surface area contributed by atoms with E-state index in [1.54, 1.807) is 7.11 Å². The SMILES string of the molecule is CC[C@H](C)[C@H](CN1CC[C@@H](C(N)=O)C1)OC. The van der Waals surface area contributed by atoms with Crippen molar-refractivity contribution in [3.05, 3.63) is 0 Å². The maximum atomic E-state index is 11.1. The van der Waals surface area contributed by atoms with E-state index >= 15 is 0 Å². The molecular formula is C12H24N2O2. The van der Waals surface area contributed by atoms with E-state index in [0.29, 0.717) is 5.92 Å². The van der Waals surface area contributed by atoms with E-state index in [1.165, 1.54) is 0 Å². The van der Waals surface area contributed by atoms with Crippen LogP contribution in [0.15, 0.2) is 0 Å². The highest BCUT2D eigenvalue weighted by Crippen LogP contribution is 2.19. The molecule has 16 heavy (non-hydrogen) atoms. The lowest BCUT2D eigenvalue weighted by Gasteiger charge is -2.26. The highest BCUT2D eigenvalue weighted by atomic mass is 16.5. The lowest BCUT2D eigenvalue weighted by molar-refractivity contribution is -0.121. The molecule has 1 aliphatic heterocycles. The van der Waals surface area contributed by atoms with Crippen LogP contribution in [0.1, 0.15) is 26.7 Å². The highest BCUT2D eigenvalue weighted by Gasteiger charge is 2.29. The summed E-state index contributed by atoms with van der Waals surface area (Å²) in [5.41, 5.74) is 5.31. The quantitative estimate of drug-likeness (QED) is 0.733. The Labute approximate surface area is 98.1 Å². The molecule has 1 rings (SSSR count). The average molecular weight is 228 g/mol. The van der Waals surface area contributed by atoms with Crippen LogP contribution in [0.4, 0.5) is 0 Å². The first-order chi connectivity index (χ1) is 7.58. The number of carbonyl (C=O) groups is 1. The topological polar surface area (TPSA) is 55.6 Å². The normalized spacial score (nSPS) is 25.6. The third-order valence-corrected chi connectivity index (χ3v) is 3.69. The number of likely N-dealkylation sites (tertiary alicyclic amines) is 1. The fourth-order valence-corrected chi connectivity index (χ4v) is 2.23. The maximum Gasteiger partial charge on any atom is 0.221 e. The van der Waals surface area contributed by atoms with Crippen LogP contribution in [0.25, 0.3) is 0 Å². The van der Waals surface area contributed by atoms with E-state index in [9.17, 15) is 4.79 Å². The molecule has 1 aliphatic rings. The van der Waals surface area contributed by atoms with Crippen molar-refractivity contribution in [2.24, 2.45) is 17.6 Å². The van der Waals surface area contributed by atoms with E-state index < -0.39 is 0 Å². The Morgan fingerprint density at radius 1 is 1.62 bits per heavy atom. The van der Waals surface area contributed by atoms with Crippen molar-refractivity contribution in [3.8, 4) is 0 Å². The zero-order valence-corrected chi connectivity index (χ0v) is 10.6. The van der Waals surface area contributed by atoms with Gasteiger partial charge in [0.25, 0.3) is 0 Å². The molecule has 1 amide bonds. The first-order valence-corrected chi connectivity index (χ1v) is 6.12. The second-order valence-electron chi connectivity index (χ2n) is 4.81. The van der Waals surface area contributed by atoms with Gasteiger partial charge in [0.2, 0.25) is 5.91 Å². The van der Waals surface area contributed by atoms with Gasteiger partial charge in [-0.1, -0.05) is 20.3 Å². The zero-order valence-electron chi connectivity index (χ0n) is 10.6. The molecule has 1 saturated heterocycles. The Bertz CT molecular complexity index is 233. The van der Waals surface area contributed by atoms with Crippen LogP contribution in [0.5, 0.6) is 0 Å². The van der Waals surface area contributed by atoms with Gasteiger partial charge in [0.05, 0.1) is 12.0 Å². The van der Waals surface area contributed by atoms with E-state index in [1.807, 2.05) is 0 Å². The monoisotopic (exact) mass is 228 g/mol. The lowest BCUT2D eigenvalue weighted by Crippen LogP contribution is -2.36. The minimum atomic E-state index is -0.167. The number of hydrogen-bond donors (Lipinski definition) is 1. The van der Waals surface area contributed by atoms with Crippen LogP contribution in [-0.4, -0.2) is 43.7 Å². The maximum absolute atomic E-state index is 11.1. The molecule has 0 aromatic rings. The Hall–Kier alpha value is -0.610. The van der Waals surface area contributed by atoms with Gasteiger partial charge in [-0.2, -0.15) is 0 Å². The van der Waals surface area contributed by atoms with Gasteiger partial charge in [0, 0.05) is 20.2 Å². The molecule has 1 fully saturated rings. The van der Waals surface area contributed by atoms with Crippen LogP contribution >= 0.6 is 0 Å². The minimum Gasteiger partial charge on any atom is -0.380 e. The largest absolute Gasteiger partial charge is 0.380 e. The molecule has 0 aliphatic carbocycles. The van der Waals surface area contributed by atoms with Crippen LogP contribution in [0.3, 0.4) is 0 Å². The van der Waals surface area contributed by atoms with Crippen molar-refractivity contribution < 1.29 is 9.53 Å². The number of methoxy groups -OCH3 is 1. The molecular weight excluding hydrogens is 204 g/mol. The summed E-state index contributed by atoms with van der Waals surface area (Å²) in [4.78, 5) is 13.3. The van der Waals surface area contributed by atoms with Gasteiger partial charge in [-0.05, 0) is 18.9 Å². The highest BCUT2D eigenvalue weighted by molar-refractivity contribution is 5.77. The Morgan fingerprint density at radius 3 is 2.75 bits per heavy atom. The lowest BCUT2D eigenvalue weighted by atomic mass is 10.0. The standard InChI is InChI=1S/C12H24N2O2/c1-4-9(2)11(16-3)8-14-6-5-10(7-14)12(13)15/h9-11H,4-8H2,1-3H3,(H2,13,15)/t9-,10+,11-/m0/s1. The van der Waals surface area contributed by atoms with Crippen molar-refractivity contribution in [2.45, 2.75) is 32.8 Å². The molecule has 1 heterocycles. The molecule has 94 valence electrons. The van der Waals surface area contributed by atoms with Crippen molar-refractivity contribution in [3.63, 3.8) is 0 Å². The Morgan fingerprint density at radius 2 is 2.31 bits per heavy atom. The van der Waals surface area contributed by atoms with Crippen molar-refractivity contribution >= 4 is 5.91 Å². The third-order valence-electron chi connectivity index (χ3n) is 3.69. The van der Waals surface area contributed by atoms with E-state index in [0.717, 1.165) is 32.5 Å². The van der Waals surface area contributed by atoms with E-state index in [4.69, 9.17) is 10.5 Å². The van der Waals surface area contributed by atoms with Crippen LogP contribution in [-0.2, 0) is 9.53 Å². The molecule has 0 spiro atoms. The van der Waals surface area contributed by atoms with Crippen molar-refractivity contribution in [1.29, 1.82) is 0 Å². The number of primary amides is 1. The number of amides is 1. The Kier molecular flexibility index (Phi) is 5.22. The van der Waals surface area contributed by atoms with Gasteiger partial charge in [-0.15, -0.1) is 0 Å². The first-order valence-electron chi connectivity index (χ1n) is 6.12. The second-order valence-corrected chi connectivity index (χ2v) is 4.81. The summed E-state index contributed by atoms with van der Waals surface area (Å²) >= 11 is 0. The summed E-state index contributed by atoms with van der Waals surface area (Å²) in [7, 11) is 1.76. The van der Waals surface area contributed by atoms with Gasteiger partial charge in [0.15, 0.2) is 0 Å². The number of nitrogens with zero attached hydrogens (tertiary/aromatic N) is 1. The van der Waals surface area contributed by atoms with Crippen LogP contribution in [0, 0.1) is 11.8 Å². The second kappa shape index (κ2) is 6.21. The molecule has 3 atom stereocenters. The number of nitrogens with two attached hydrogens (primary N) is 1. The molecule has 0 aromatic carbocycles. The molecule has 4 heteroatoms. The van der Waals surface area contributed by atoms with Gasteiger partial charge in [0.1, 0.15) is 0 Å². The molecule has 0 saturated carbocycles. The van der Waals surface area contributed by atoms with Gasteiger partial charge in [-0.25, -0.2) is 0 Å². The van der Waals surface area contributed by atoms with E-state index in [-0.39, 0.29) is 17.9 Å². The molecule has 0 aromatic heterocycles. The third kappa shape index (κ3) is 3.46. The summed E-state index contributed by atoms with van der Waals surface area (Å²) < 4.78 is 5.50. The Balaban J connectivity index is 2.40. The number of rotatable bonds is 6. The number of carbonyl (C=O) groups excluding carboxylic acids is 1. The van der Waals surface area contributed by atoms with E-state index in [2.05, 4.69) is 18.7 Å². The summed E-state index contributed by atoms with van der Waals surface area (Å²) in [5.74, 6) is 0.423. The molecule has 0 radical (unpaired) electrons. The van der Waals surface area contributed by atoms with Crippen LogP contribution < -0.4 is 5.73 Å². The summed E-state index contributed by atoms with van der Waals surface area (Å²) in [6.45, 7) is 7.05. The summed E-state index contributed by atoms with van der Waals surface area (Å²) in [6, 6.07) is 0. The van der Waals surface area contributed by atoms with Gasteiger partial charge < -0.3 is 10.5 Å². The fourth-order valence-electron chi connectivity index (χ4n) is 2.23. The first kappa shape index (κ1) is 13.5. The fraction of sp³-hybridized carbons (Fsp3) is 0.917. The predicted molar refractivity (Wildman–Crippen MR) is 64.0 cm³/mol. The van der Waals surface area contributed by atoms with Gasteiger partial charge >= 0.3 is 0 Å². The molecule has 0 unspecified atom stereocenters. The zero-order chi connectivity index (χ0) is 12.1. The van der Waals surface area contributed by atoms with Crippen molar-refractivity contribution in [1.82, 2.24) is 4.90 Å². The predicted octanol–water partition coefficient (Wildman–Crippen LogP) is 0.855. The van der Waals surface area contributed by atoms with Crippen LogP contribution in [0.2, 0.25) is 0 Å².